The smallest absolute Gasteiger partial charge is 0.160 e. The van der Waals surface area contributed by atoms with Crippen molar-refractivity contribution in [3.8, 4) is 0 Å². The van der Waals surface area contributed by atoms with E-state index in [0.29, 0.717) is 5.69 Å². The third-order valence-corrected chi connectivity index (χ3v) is 2.54. The summed E-state index contributed by atoms with van der Waals surface area (Å²) in [6.07, 6.45) is -6.31. The number of aliphatic hydroxyl groups is 5. The molecule has 0 saturated heterocycles. The first-order valence-electron chi connectivity index (χ1n) is 6.06. The molecule has 18 heavy (non-hydrogen) atoms. The van der Waals surface area contributed by atoms with Gasteiger partial charge in [0.1, 0.15) is 18.3 Å². The van der Waals surface area contributed by atoms with Crippen molar-refractivity contribution in [1.82, 2.24) is 0 Å². The van der Waals surface area contributed by atoms with E-state index in [1.807, 2.05) is 0 Å². The average molecular weight is 258 g/mol. The van der Waals surface area contributed by atoms with Gasteiger partial charge < -0.3 is 30.8 Å². The molecule has 0 saturated carbocycles. The Morgan fingerprint density at radius 2 is 1.56 bits per heavy atom. The molecule has 0 spiro atoms. The normalized spacial score (nSPS) is 18.6. The molecule has 4 atom stereocenters. The van der Waals surface area contributed by atoms with Crippen molar-refractivity contribution in [3.05, 3.63) is 30.3 Å². The predicted molar refractivity (Wildman–Crippen MR) is 66.0 cm³/mol. The first-order valence-corrected chi connectivity index (χ1v) is 5.62. The van der Waals surface area contributed by atoms with Gasteiger partial charge in [-0.05, 0) is 12.1 Å². The van der Waals surface area contributed by atoms with E-state index in [1.54, 1.807) is 30.3 Å². The SMILES string of the molecule is [2H]N(C[C@H](O)[C@@H](O)[C@H](O)[C@H](O)CO)c1ccccc1. The molecular formula is C12H19NO5. The molecule has 0 heterocycles. The molecule has 0 aliphatic rings. The lowest BCUT2D eigenvalue weighted by atomic mass is 10.0. The summed E-state index contributed by atoms with van der Waals surface area (Å²) in [6, 6.07) is 8.55. The van der Waals surface area contributed by atoms with E-state index in [0.717, 1.165) is 5.31 Å². The fourth-order valence-electron chi connectivity index (χ4n) is 1.40. The van der Waals surface area contributed by atoms with Crippen LogP contribution < -0.4 is 5.31 Å². The Bertz CT molecular complexity index is 366. The minimum atomic E-state index is -1.68. The number of nitrogens with one attached hydrogen (secondary N) is 1. The van der Waals surface area contributed by atoms with Gasteiger partial charge in [0.2, 0.25) is 0 Å². The summed E-state index contributed by atoms with van der Waals surface area (Å²) in [5, 5.41) is 47.5. The van der Waals surface area contributed by atoms with Crippen molar-refractivity contribution in [2.24, 2.45) is 0 Å². The molecule has 102 valence electrons. The molecule has 1 rings (SSSR count). The summed E-state index contributed by atoms with van der Waals surface area (Å²) in [7, 11) is 0. The molecular weight excluding hydrogens is 238 g/mol. The lowest BCUT2D eigenvalue weighted by molar-refractivity contribution is -0.111. The predicted octanol–water partition coefficient (Wildman–Crippen LogP) is -1.47. The van der Waals surface area contributed by atoms with Crippen molar-refractivity contribution >= 4 is 5.69 Å². The van der Waals surface area contributed by atoms with Crippen LogP contribution in [0.5, 0.6) is 0 Å². The first kappa shape index (κ1) is 13.3. The molecule has 0 bridgehead atoms. The van der Waals surface area contributed by atoms with Crippen LogP contribution in [0.15, 0.2) is 30.3 Å². The van der Waals surface area contributed by atoms with Crippen molar-refractivity contribution in [2.75, 3.05) is 18.5 Å². The van der Waals surface area contributed by atoms with Gasteiger partial charge in [-0.3, -0.25) is 0 Å². The van der Waals surface area contributed by atoms with E-state index >= 15 is 0 Å². The molecule has 0 aromatic heterocycles. The minimum absolute atomic E-state index is 0.250. The van der Waals surface area contributed by atoms with Crippen LogP contribution in [-0.4, -0.2) is 63.1 Å². The Balaban J connectivity index is 2.57. The maximum Gasteiger partial charge on any atom is 0.160 e. The highest BCUT2D eigenvalue weighted by atomic mass is 16.4. The van der Waals surface area contributed by atoms with Crippen LogP contribution >= 0.6 is 0 Å². The van der Waals surface area contributed by atoms with E-state index in [2.05, 4.69) is 0 Å². The van der Waals surface area contributed by atoms with Gasteiger partial charge in [-0.2, -0.15) is 0 Å². The van der Waals surface area contributed by atoms with Crippen LogP contribution in [0.3, 0.4) is 0 Å². The van der Waals surface area contributed by atoms with Gasteiger partial charge in [0, 0.05) is 12.2 Å². The van der Waals surface area contributed by atoms with Crippen molar-refractivity contribution in [3.63, 3.8) is 0 Å². The van der Waals surface area contributed by atoms with Crippen molar-refractivity contribution in [2.45, 2.75) is 24.4 Å². The quantitative estimate of drug-likeness (QED) is 0.356. The number of hydrogen-bond acceptors (Lipinski definition) is 6. The first-order chi connectivity index (χ1) is 8.97. The summed E-state index contributed by atoms with van der Waals surface area (Å²) in [6.45, 7) is -0.978. The van der Waals surface area contributed by atoms with E-state index in [-0.39, 0.29) is 6.54 Å². The Labute approximate surface area is 107 Å². The molecule has 0 radical (unpaired) electrons. The Morgan fingerprint density at radius 1 is 1.00 bits per heavy atom. The van der Waals surface area contributed by atoms with Crippen LogP contribution in [-0.2, 0) is 0 Å². The highest BCUT2D eigenvalue weighted by Crippen LogP contribution is 2.08. The van der Waals surface area contributed by atoms with Gasteiger partial charge in [-0.25, -0.2) is 0 Å². The maximum atomic E-state index is 9.70. The molecule has 6 N–H and O–H groups in total. The maximum absolute atomic E-state index is 9.70. The van der Waals surface area contributed by atoms with Crippen LogP contribution in [0.4, 0.5) is 5.69 Å². The summed E-state index contributed by atoms with van der Waals surface area (Å²) in [4.78, 5) is 0. The van der Waals surface area contributed by atoms with Gasteiger partial charge in [-0.1, -0.05) is 18.2 Å². The molecule has 0 amide bonds. The molecule has 0 aliphatic carbocycles. The highest BCUT2D eigenvalue weighted by Gasteiger charge is 2.29. The molecule has 0 unspecified atom stereocenters. The largest absolute Gasteiger partial charge is 0.394 e. The number of benzene rings is 1. The summed E-state index contributed by atoms with van der Waals surface area (Å²) in [5.74, 6) is 0. The number of rotatable bonds is 7. The van der Waals surface area contributed by atoms with Crippen LogP contribution in [0.1, 0.15) is 0 Å². The van der Waals surface area contributed by atoms with E-state index in [9.17, 15) is 15.3 Å². The van der Waals surface area contributed by atoms with Crippen molar-refractivity contribution in [1.29, 1.82) is 0 Å². The summed E-state index contributed by atoms with van der Waals surface area (Å²) >= 11 is 0. The number of hydrogen-bond donors (Lipinski definition) is 6. The minimum Gasteiger partial charge on any atom is -0.394 e. The zero-order valence-corrected chi connectivity index (χ0v) is 9.79. The fraction of sp³-hybridized carbons (Fsp3) is 0.500. The van der Waals surface area contributed by atoms with Gasteiger partial charge in [0.05, 0.1) is 12.7 Å². The van der Waals surface area contributed by atoms with Gasteiger partial charge in [-0.15, -0.1) is 0 Å². The second-order valence-corrected chi connectivity index (χ2v) is 3.97. The second kappa shape index (κ2) is 7.30. The third kappa shape index (κ3) is 4.25. The zero-order chi connectivity index (χ0) is 14.4. The molecule has 1 aromatic rings. The lowest BCUT2D eigenvalue weighted by Gasteiger charge is -2.25. The van der Waals surface area contributed by atoms with Gasteiger partial charge in [0.15, 0.2) is 1.41 Å². The second-order valence-electron chi connectivity index (χ2n) is 3.97. The lowest BCUT2D eigenvalue weighted by Crippen LogP contribution is -2.47. The fourth-order valence-corrected chi connectivity index (χ4v) is 1.40. The molecule has 1 aromatic carbocycles. The van der Waals surface area contributed by atoms with E-state index in [4.69, 9.17) is 11.6 Å². The van der Waals surface area contributed by atoms with Crippen LogP contribution in [0.2, 0.25) is 1.41 Å². The summed E-state index contributed by atoms with van der Waals surface area (Å²) in [5.41, 5.74) is 0.519. The number of aliphatic hydroxyl groups excluding tert-OH is 5. The topological polar surface area (TPSA) is 113 Å². The van der Waals surface area contributed by atoms with E-state index < -0.39 is 31.0 Å². The highest BCUT2D eigenvalue weighted by molar-refractivity contribution is 5.42. The monoisotopic (exact) mass is 258 g/mol. The summed E-state index contributed by atoms with van der Waals surface area (Å²) < 4.78 is 7.70. The molecule has 6 nitrogen and oxygen atoms in total. The van der Waals surface area contributed by atoms with Gasteiger partial charge in [0.25, 0.3) is 0 Å². The average Bonchev–Trinajstić information content (AvgIpc) is 2.45. The van der Waals surface area contributed by atoms with E-state index in [1.165, 1.54) is 0 Å². The molecule has 6 heteroatoms. The van der Waals surface area contributed by atoms with Crippen LogP contribution in [0, 0.1) is 0 Å². The zero-order valence-electron chi connectivity index (χ0n) is 10.8. The van der Waals surface area contributed by atoms with Crippen molar-refractivity contribution < 1.29 is 26.9 Å². The standard InChI is InChI=1S/C12H19NO5/c14-7-10(16)12(18)11(17)9(15)6-13-8-4-2-1-3-5-8/h1-5,9-18H,6-7H2/t9-,10+,11+,12+/m0/s1/i/hD. The Morgan fingerprint density at radius 3 is 2.11 bits per heavy atom. The third-order valence-electron chi connectivity index (χ3n) is 2.54. The Kier molecular flexibility index (Phi) is 5.37. The number of para-hydroxylation sites is 1. The number of anilines is 1. The molecule has 0 aliphatic heterocycles. The Hall–Kier alpha value is -1.18. The van der Waals surface area contributed by atoms with Crippen LogP contribution in [0.25, 0.3) is 0 Å². The van der Waals surface area contributed by atoms with Gasteiger partial charge >= 0.3 is 0 Å². The molecule has 0 fully saturated rings.